The van der Waals surface area contributed by atoms with Crippen molar-refractivity contribution in [3.05, 3.63) is 58.5 Å². The maximum Gasteiger partial charge on any atom is 0.341 e. The Labute approximate surface area is 140 Å². The molecule has 0 unspecified atom stereocenters. The van der Waals surface area contributed by atoms with Crippen molar-refractivity contribution in [2.45, 2.75) is 0 Å². The maximum atomic E-state index is 12.3. The summed E-state index contributed by atoms with van der Waals surface area (Å²) in [5.41, 5.74) is 1.56. The number of ether oxygens (including phenoxy) is 1. The summed E-state index contributed by atoms with van der Waals surface area (Å²) in [4.78, 5) is 29.3. The molecule has 1 N–H and O–H groups in total. The molecule has 0 bridgehead atoms. The minimum atomic E-state index is -0.476. The average molecular weight is 344 g/mol. The molecule has 3 aromatic rings. The number of carbonyl (C=O) groups excluding carboxylic acids is 2. The van der Waals surface area contributed by atoms with Crippen LogP contribution in [0.4, 0.5) is 5.00 Å². The Kier molecular flexibility index (Phi) is 4.50. The molecule has 0 aliphatic heterocycles. The number of rotatable bonds is 4. The fourth-order valence-corrected chi connectivity index (χ4v) is 3.81. The first-order valence-electron chi connectivity index (χ1n) is 6.65. The third kappa shape index (κ3) is 3.15. The average Bonchev–Trinajstić information content (AvgIpc) is 3.24. The molecule has 3 rings (SSSR count). The zero-order valence-corrected chi connectivity index (χ0v) is 13.7. The van der Waals surface area contributed by atoms with Crippen LogP contribution < -0.4 is 5.32 Å². The number of nitrogens with one attached hydrogen (secondary N) is 1. The first kappa shape index (κ1) is 15.4. The van der Waals surface area contributed by atoms with E-state index in [2.05, 4.69) is 10.3 Å². The molecular formula is C16H12N2O3S2. The molecule has 0 aromatic carbocycles. The zero-order chi connectivity index (χ0) is 16.2. The number of thiophene rings is 2. The molecule has 3 heterocycles. The highest BCUT2D eigenvalue weighted by Crippen LogP contribution is 2.38. The number of hydrogen-bond acceptors (Lipinski definition) is 6. The van der Waals surface area contributed by atoms with E-state index in [1.54, 1.807) is 18.3 Å². The van der Waals surface area contributed by atoms with Gasteiger partial charge in [0.2, 0.25) is 0 Å². The van der Waals surface area contributed by atoms with Gasteiger partial charge in [0, 0.05) is 28.2 Å². The molecule has 7 heteroatoms. The summed E-state index contributed by atoms with van der Waals surface area (Å²) in [7, 11) is 1.32. The van der Waals surface area contributed by atoms with Crippen molar-refractivity contribution in [2.75, 3.05) is 12.4 Å². The smallest absolute Gasteiger partial charge is 0.341 e. The summed E-state index contributed by atoms with van der Waals surface area (Å²) in [6, 6.07) is 7.17. The lowest BCUT2D eigenvalue weighted by Crippen LogP contribution is -2.14. The maximum absolute atomic E-state index is 12.3. The molecule has 0 saturated carbocycles. The van der Waals surface area contributed by atoms with E-state index in [-0.39, 0.29) is 5.91 Å². The number of esters is 1. The first-order valence-corrected chi connectivity index (χ1v) is 8.41. The highest BCUT2D eigenvalue weighted by molar-refractivity contribution is 7.17. The Balaban J connectivity index is 1.96. The van der Waals surface area contributed by atoms with Crippen LogP contribution in [0.2, 0.25) is 0 Å². The third-order valence-corrected chi connectivity index (χ3v) is 4.92. The van der Waals surface area contributed by atoms with Crippen LogP contribution in [-0.2, 0) is 4.74 Å². The van der Waals surface area contributed by atoms with Gasteiger partial charge in [0.15, 0.2) is 0 Å². The van der Waals surface area contributed by atoms with Crippen LogP contribution in [0.1, 0.15) is 20.7 Å². The highest BCUT2D eigenvalue weighted by atomic mass is 32.1. The topological polar surface area (TPSA) is 68.3 Å². The van der Waals surface area contributed by atoms with E-state index < -0.39 is 5.97 Å². The predicted molar refractivity (Wildman–Crippen MR) is 91.2 cm³/mol. The standard InChI is InChI=1S/C16H12N2O3S2/c1-21-16(20)13-11(12-5-3-7-22-12)9-23-15(13)18-14(19)10-4-2-6-17-8-10/h2-9H,1H3,(H,18,19). The highest BCUT2D eigenvalue weighted by Gasteiger charge is 2.23. The van der Waals surface area contributed by atoms with E-state index in [9.17, 15) is 9.59 Å². The minimum Gasteiger partial charge on any atom is -0.465 e. The van der Waals surface area contributed by atoms with Gasteiger partial charge < -0.3 is 10.1 Å². The number of amides is 1. The number of methoxy groups -OCH3 is 1. The molecule has 23 heavy (non-hydrogen) atoms. The molecule has 0 radical (unpaired) electrons. The van der Waals surface area contributed by atoms with Gasteiger partial charge >= 0.3 is 5.97 Å². The summed E-state index contributed by atoms with van der Waals surface area (Å²) < 4.78 is 4.87. The molecule has 0 fully saturated rings. The Bertz CT molecular complexity index is 826. The predicted octanol–water partition coefficient (Wildman–Crippen LogP) is 3.91. The van der Waals surface area contributed by atoms with E-state index in [4.69, 9.17) is 4.74 Å². The lowest BCUT2D eigenvalue weighted by atomic mass is 10.1. The first-order chi connectivity index (χ1) is 11.2. The SMILES string of the molecule is COC(=O)c1c(-c2cccs2)csc1NC(=O)c1cccnc1. The largest absolute Gasteiger partial charge is 0.465 e. The van der Waals surface area contributed by atoms with Crippen molar-refractivity contribution in [1.29, 1.82) is 0 Å². The lowest BCUT2D eigenvalue weighted by molar-refractivity contribution is 0.0603. The van der Waals surface area contributed by atoms with Crippen molar-refractivity contribution in [1.82, 2.24) is 4.98 Å². The Morgan fingerprint density at radius 1 is 1.22 bits per heavy atom. The molecule has 0 atom stereocenters. The Morgan fingerprint density at radius 2 is 2.09 bits per heavy atom. The van der Waals surface area contributed by atoms with E-state index >= 15 is 0 Å². The van der Waals surface area contributed by atoms with Gasteiger partial charge in [-0.25, -0.2) is 4.79 Å². The van der Waals surface area contributed by atoms with Gasteiger partial charge in [-0.2, -0.15) is 0 Å². The summed E-state index contributed by atoms with van der Waals surface area (Å²) in [5, 5.41) is 7.01. The van der Waals surface area contributed by atoms with Gasteiger partial charge in [0.25, 0.3) is 5.91 Å². The number of hydrogen-bond donors (Lipinski definition) is 1. The Morgan fingerprint density at radius 3 is 2.74 bits per heavy atom. The van der Waals surface area contributed by atoms with Crippen molar-refractivity contribution in [2.24, 2.45) is 0 Å². The van der Waals surface area contributed by atoms with Crippen LogP contribution >= 0.6 is 22.7 Å². The van der Waals surface area contributed by atoms with Crippen LogP contribution in [-0.4, -0.2) is 24.0 Å². The quantitative estimate of drug-likeness (QED) is 0.729. The van der Waals surface area contributed by atoms with E-state index in [1.165, 1.54) is 36.0 Å². The van der Waals surface area contributed by atoms with Gasteiger partial charge in [0.05, 0.1) is 12.7 Å². The van der Waals surface area contributed by atoms with E-state index in [0.717, 1.165) is 10.4 Å². The Hall–Kier alpha value is -2.51. The number of aromatic nitrogens is 1. The van der Waals surface area contributed by atoms with Gasteiger partial charge in [-0.05, 0) is 23.6 Å². The number of nitrogens with zero attached hydrogens (tertiary/aromatic N) is 1. The van der Waals surface area contributed by atoms with Crippen LogP contribution in [0.3, 0.4) is 0 Å². The molecule has 5 nitrogen and oxygen atoms in total. The van der Waals surface area contributed by atoms with Crippen LogP contribution in [0.25, 0.3) is 10.4 Å². The van der Waals surface area contributed by atoms with Crippen molar-refractivity contribution in [3.8, 4) is 10.4 Å². The summed E-state index contributed by atoms with van der Waals surface area (Å²) >= 11 is 2.82. The minimum absolute atomic E-state index is 0.317. The van der Waals surface area contributed by atoms with Gasteiger partial charge in [0.1, 0.15) is 10.6 Å². The molecule has 0 spiro atoms. The normalized spacial score (nSPS) is 10.3. The fourth-order valence-electron chi connectivity index (χ4n) is 2.04. The third-order valence-electron chi connectivity index (χ3n) is 3.12. The van der Waals surface area contributed by atoms with E-state index in [1.807, 2.05) is 22.9 Å². The molecular weight excluding hydrogens is 332 g/mol. The second kappa shape index (κ2) is 6.72. The fraction of sp³-hybridized carbons (Fsp3) is 0.0625. The molecule has 0 saturated heterocycles. The summed E-state index contributed by atoms with van der Waals surface area (Å²) in [6.45, 7) is 0. The second-order valence-electron chi connectivity index (χ2n) is 4.52. The zero-order valence-electron chi connectivity index (χ0n) is 12.1. The number of pyridine rings is 1. The lowest BCUT2D eigenvalue weighted by Gasteiger charge is -2.06. The van der Waals surface area contributed by atoms with Gasteiger partial charge in [-0.15, -0.1) is 22.7 Å². The van der Waals surface area contributed by atoms with Crippen LogP contribution in [0.15, 0.2) is 47.4 Å². The van der Waals surface area contributed by atoms with Crippen LogP contribution in [0.5, 0.6) is 0 Å². The van der Waals surface area contributed by atoms with Crippen molar-refractivity contribution < 1.29 is 14.3 Å². The van der Waals surface area contributed by atoms with Crippen molar-refractivity contribution >= 4 is 39.6 Å². The molecule has 1 amide bonds. The number of anilines is 1. The summed E-state index contributed by atoms with van der Waals surface area (Å²) in [6.07, 6.45) is 3.07. The van der Waals surface area contributed by atoms with Crippen molar-refractivity contribution in [3.63, 3.8) is 0 Å². The van der Waals surface area contributed by atoms with E-state index in [0.29, 0.717) is 16.1 Å². The van der Waals surface area contributed by atoms with Crippen LogP contribution in [0, 0.1) is 0 Å². The molecule has 116 valence electrons. The van der Waals surface area contributed by atoms with Gasteiger partial charge in [-0.3, -0.25) is 9.78 Å². The molecule has 0 aliphatic rings. The molecule has 3 aromatic heterocycles. The number of carbonyl (C=O) groups is 2. The molecule has 0 aliphatic carbocycles. The second-order valence-corrected chi connectivity index (χ2v) is 6.35. The summed E-state index contributed by atoms with van der Waals surface area (Å²) in [5.74, 6) is -0.793. The monoisotopic (exact) mass is 344 g/mol. The van der Waals surface area contributed by atoms with Gasteiger partial charge in [-0.1, -0.05) is 6.07 Å².